The number of thioether (sulfide) groups is 1. The van der Waals surface area contributed by atoms with Gasteiger partial charge in [-0.2, -0.15) is 0 Å². The highest BCUT2D eigenvalue weighted by atomic mass is 35.5. The molecule has 0 radical (unpaired) electrons. The van der Waals surface area contributed by atoms with E-state index in [2.05, 4.69) is 4.99 Å². The van der Waals surface area contributed by atoms with Crippen molar-refractivity contribution in [1.29, 1.82) is 0 Å². The number of non-ortho nitro benzene ring substituents is 1. The van der Waals surface area contributed by atoms with E-state index in [-0.39, 0.29) is 23.8 Å². The number of hydrogen-bond acceptors (Lipinski definition) is 7. The molecule has 0 saturated carbocycles. The zero-order valence-electron chi connectivity index (χ0n) is 19.5. The van der Waals surface area contributed by atoms with Crippen molar-refractivity contribution < 1.29 is 24.4 Å². The zero-order chi connectivity index (χ0) is 26.5. The van der Waals surface area contributed by atoms with Crippen LogP contribution in [-0.2, 0) is 11.4 Å². The van der Waals surface area contributed by atoms with Crippen molar-refractivity contribution >= 4 is 57.9 Å². The summed E-state index contributed by atoms with van der Waals surface area (Å²) in [6.45, 7) is 2.37. The first-order valence-electron chi connectivity index (χ1n) is 11.0. The molecule has 0 spiro atoms. The Bertz CT molecular complexity index is 1440. The van der Waals surface area contributed by atoms with Crippen LogP contribution in [0.5, 0.6) is 5.75 Å². The second kappa shape index (κ2) is 11.3. The van der Waals surface area contributed by atoms with Gasteiger partial charge >= 0.3 is 5.97 Å². The number of carbonyl (C=O) groups is 2. The van der Waals surface area contributed by atoms with Crippen LogP contribution in [0, 0.1) is 10.1 Å². The van der Waals surface area contributed by atoms with Gasteiger partial charge in [0, 0.05) is 18.7 Å². The number of amides is 1. The van der Waals surface area contributed by atoms with Crippen LogP contribution in [0.4, 0.5) is 11.4 Å². The Kier molecular flexibility index (Phi) is 7.90. The lowest BCUT2D eigenvalue weighted by atomic mass is 10.2. The van der Waals surface area contributed by atoms with Crippen LogP contribution in [0.3, 0.4) is 0 Å². The molecule has 0 unspecified atom stereocenters. The minimum atomic E-state index is -1.02. The predicted octanol–water partition coefficient (Wildman–Crippen LogP) is 6.15. The Morgan fingerprint density at radius 1 is 1.19 bits per heavy atom. The average Bonchev–Trinajstić information content (AvgIpc) is 3.17. The van der Waals surface area contributed by atoms with Crippen LogP contribution in [0.25, 0.3) is 6.08 Å². The van der Waals surface area contributed by atoms with Crippen molar-refractivity contribution in [1.82, 2.24) is 4.90 Å². The first kappa shape index (κ1) is 25.9. The number of aromatic carboxylic acids is 1. The lowest BCUT2D eigenvalue weighted by molar-refractivity contribution is -0.384. The number of ether oxygens (including phenoxy) is 1. The molecule has 3 aromatic rings. The molecule has 1 amide bonds. The first-order valence-corrected chi connectivity index (χ1v) is 12.2. The normalized spacial score (nSPS) is 15.4. The van der Waals surface area contributed by atoms with Gasteiger partial charge in [-0.25, -0.2) is 9.79 Å². The molecule has 11 heteroatoms. The number of likely N-dealkylation sites (N-methyl/N-ethyl adjacent to an activating group) is 1. The second-order valence-electron chi connectivity index (χ2n) is 7.81. The van der Waals surface area contributed by atoms with E-state index in [0.717, 1.165) is 0 Å². The molecule has 1 fully saturated rings. The number of rotatable bonds is 8. The number of nitrogens with zero attached hydrogens (tertiary/aromatic N) is 3. The van der Waals surface area contributed by atoms with Crippen LogP contribution in [-0.4, -0.2) is 38.5 Å². The fourth-order valence-corrected chi connectivity index (χ4v) is 4.76. The van der Waals surface area contributed by atoms with E-state index < -0.39 is 10.9 Å². The fourth-order valence-electron chi connectivity index (χ4n) is 3.46. The number of amidine groups is 1. The maximum atomic E-state index is 12.9. The number of aliphatic imine (C=N–C) groups is 1. The Balaban J connectivity index is 1.49. The SMILES string of the molecule is CCN1C(=O)/C(=C/c2ccc(OCc3cccc([N+](=O)[O-])c3)c(Cl)c2)SC1=Nc1ccc(C(=O)O)cc1. The van der Waals surface area contributed by atoms with E-state index in [1.165, 1.54) is 36.0 Å². The third-order valence-electron chi connectivity index (χ3n) is 5.31. The number of carbonyl (C=O) groups excluding carboxylic acids is 1. The van der Waals surface area contributed by atoms with Gasteiger partial charge in [-0.1, -0.05) is 29.8 Å². The quantitative estimate of drug-likeness (QED) is 0.208. The van der Waals surface area contributed by atoms with Gasteiger partial charge in [-0.3, -0.25) is 19.8 Å². The molecule has 0 aromatic heterocycles. The van der Waals surface area contributed by atoms with Crippen molar-refractivity contribution in [3.8, 4) is 5.75 Å². The second-order valence-corrected chi connectivity index (χ2v) is 9.23. The molecule has 0 atom stereocenters. The summed E-state index contributed by atoms with van der Waals surface area (Å²) < 4.78 is 5.73. The number of nitro benzene ring substituents is 1. The Labute approximate surface area is 221 Å². The highest BCUT2D eigenvalue weighted by Gasteiger charge is 2.32. The predicted molar refractivity (Wildman–Crippen MR) is 142 cm³/mol. The standard InChI is InChI=1S/C26H20ClN3O6S/c1-2-29-24(31)23(37-26(29)28-19-9-7-18(8-10-19)25(32)33)14-16-6-11-22(21(27)13-16)36-15-17-4-3-5-20(12-17)30(34)35/h3-14H,2,15H2,1H3,(H,32,33)/b23-14-,28-26?. The van der Waals surface area contributed by atoms with E-state index in [0.29, 0.717) is 44.2 Å². The topological polar surface area (TPSA) is 122 Å². The summed E-state index contributed by atoms with van der Waals surface area (Å²) in [4.78, 5) is 41.0. The van der Waals surface area contributed by atoms with Crippen LogP contribution >= 0.6 is 23.4 Å². The van der Waals surface area contributed by atoms with E-state index in [9.17, 15) is 19.7 Å². The summed E-state index contributed by atoms with van der Waals surface area (Å²) in [6, 6.07) is 17.3. The fraction of sp³-hybridized carbons (Fsp3) is 0.115. The van der Waals surface area contributed by atoms with Crippen molar-refractivity contribution in [2.24, 2.45) is 4.99 Å². The number of nitro groups is 1. The molecule has 0 bridgehead atoms. The molecule has 0 aliphatic carbocycles. The monoisotopic (exact) mass is 537 g/mol. The summed E-state index contributed by atoms with van der Waals surface area (Å²) in [5.74, 6) is -0.817. The molecule has 3 aromatic carbocycles. The molecular formula is C26H20ClN3O6S. The highest BCUT2D eigenvalue weighted by Crippen LogP contribution is 2.35. The lowest BCUT2D eigenvalue weighted by Gasteiger charge is -2.12. The summed E-state index contributed by atoms with van der Waals surface area (Å²) in [5, 5.41) is 20.8. The zero-order valence-corrected chi connectivity index (χ0v) is 21.0. The molecule has 1 aliphatic rings. The van der Waals surface area contributed by atoms with Gasteiger partial charge in [0.2, 0.25) is 0 Å². The minimum absolute atomic E-state index is 0.0193. The van der Waals surface area contributed by atoms with Gasteiger partial charge in [-0.15, -0.1) is 0 Å². The summed E-state index contributed by atoms with van der Waals surface area (Å²) in [6.07, 6.45) is 1.71. The van der Waals surface area contributed by atoms with Crippen LogP contribution in [0.2, 0.25) is 5.02 Å². The van der Waals surface area contributed by atoms with Gasteiger partial charge in [0.05, 0.1) is 26.1 Å². The molecule has 188 valence electrons. The molecule has 1 heterocycles. The number of benzene rings is 3. The number of hydrogen-bond donors (Lipinski definition) is 1. The summed E-state index contributed by atoms with van der Waals surface area (Å²) >= 11 is 7.61. The van der Waals surface area contributed by atoms with Gasteiger partial charge in [0.25, 0.3) is 11.6 Å². The molecular weight excluding hydrogens is 518 g/mol. The third kappa shape index (κ3) is 6.16. The van der Waals surface area contributed by atoms with Crippen LogP contribution in [0.1, 0.15) is 28.4 Å². The van der Waals surface area contributed by atoms with E-state index in [4.69, 9.17) is 21.4 Å². The smallest absolute Gasteiger partial charge is 0.335 e. The molecule has 1 N–H and O–H groups in total. The first-order chi connectivity index (χ1) is 17.7. The van der Waals surface area contributed by atoms with Crippen LogP contribution in [0.15, 0.2) is 76.6 Å². The number of halogens is 1. The van der Waals surface area contributed by atoms with Gasteiger partial charge in [0.1, 0.15) is 12.4 Å². The number of carboxylic acids is 1. The Hall–Kier alpha value is -4.15. The van der Waals surface area contributed by atoms with Gasteiger partial charge < -0.3 is 9.84 Å². The number of carboxylic acid groups (broad SMARTS) is 1. The highest BCUT2D eigenvalue weighted by molar-refractivity contribution is 8.18. The van der Waals surface area contributed by atoms with Crippen molar-refractivity contribution in [3.63, 3.8) is 0 Å². The molecule has 1 saturated heterocycles. The summed E-state index contributed by atoms with van der Waals surface area (Å²) in [5.41, 5.74) is 1.99. The summed E-state index contributed by atoms with van der Waals surface area (Å²) in [7, 11) is 0. The minimum Gasteiger partial charge on any atom is -0.487 e. The lowest BCUT2D eigenvalue weighted by Crippen LogP contribution is -2.28. The Morgan fingerprint density at radius 3 is 2.59 bits per heavy atom. The average molecular weight is 538 g/mol. The van der Waals surface area contributed by atoms with Crippen molar-refractivity contribution in [3.05, 3.63) is 103 Å². The molecule has 9 nitrogen and oxygen atoms in total. The molecule has 4 rings (SSSR count). The van der Waals surface area contributed by atoms with E-state index >= 15 is 0 Å². The Morgan fingerprint density at radius 2 is 1.95 bits per heavy atom. The van der Waals surface area contributed by atoms with Crippen LogP contribution < -0.4 is 4.74 Å². The van der Waals surface area contributed by atoms with Crippen molar-refractivity contribution in [2.45, 2.75) is 13.5 Å². The molecule has 37 heavy (non-hydrogen) atoms. The van der Waals surface area contributed by atoms with Gasteiger partial charge in [-0.05, 0) is 72.3 Å². The van der Waals surface area contributed by atoms with Crippen molar-refractivity contribution in [2.75, 3.05) is 6.54 Å². The van der Waals surface area contributed by atoms with Gasteiger partial charge in [0.15, 0.2) is 5.17 Å². The maximum Gasteiger partial charge on any atom is 0.335 e. The van der Waals surface area contributed by atoms with E-state index in [1.807, 2.05) is 6.92 Å². The third-order valence-corrected chi connectivity index (χ3v) is 6.61. The maximum absolute atomic E-state index is 12.9. The largest absolute Gasteiger partial charge is 0.487 e. The molecule has 1 aliphatic heterocycles. The van der Waals surface area contributed by atoms with E-state index in [1.54, 1.807) is 53.4 Å².